The van der Waals surface area contributed by atoms with Crippen LogP contribution in [0.3, 0.4) is 0 Å². The van der Waals surface area contributed by atoms with Crippen molar-refractivity contribution < 1.29 is 250 Å². The minimum absolute atomic E-state index is 2.83. The third-order valence-corrected chi connectivity index (χ3v) is 10.6. The molecule has 0 radical (unpaired) electrons. The van der Waals surface area contributed by atoms with Crippen LogP contribution < -0.4 is 0 Å². The van der Waals surface area contributed by atoms with E-state index in [4.69, 9.17) is 0 Å². The van der Waals surface area contributed by atoms with Crippen LogP contribution in [0.25, 0.3) is 0 Å². The minimum Gasteiger partial charge on any atom is -0.212 e. The van der Waals surface area contributed by atoms with Crippen molar-refractivity contribution in [3.05, 3.63) is 12.2 Å². The standard InChI is InChI=1S/C29HF57/c30-1-2(31)3(32,33)4(34,35)5(36,37)6(38,39)7(40,41)8(42,43)9(44,45)10(46,47)11(48,49)12(50,51)13(52,53)14(54,55)15(56,57)16(58,59)17(60,61)18(62,63)19(64,65)20(66,67)21(68,69)22(70,71)23(72,73)24(74,75)25(76,77)26(78,79)27(80,81)28(82,83)29(84,85)86/h1H. The second-order valence-electron chi connectivity index (χ2n) is 15.9. The lowest BCUT2D eigenvalue weighted by atomic mass is 9.81. The molecule has 0 amide bonds. The molecule has 0 bridgehead atoms. The fourth-order valence-corrected chi connectivity index (χ4v) is 5.13. The van der Waals surface area contributed by atoms with E-state index in [9.17, 15) is 250 Å². The van der Waals surface area contributed by atoms with Gasteiger partial charge in [-0.2, -0.15) is 241 Å². The van der Waals surface area contributed by atoms with Gasteiger partial charge in [0.05, 0.1) is 0 Å². The molecule has 0 N–H and O–H groups in total. The first-order valence-corrected chi connectivity index (χ1v) is 17.8. The molecule has 0 atom stereocenters. The first kappa shape index (κ1) is 81.8. The fourth-order valence-electron chi connectivity index (χ4n) is 5.13. The van der Waals surface area contributed by atoms with Crippen LogP contribution in [0, 0.1) is 0 Å². The number of hydrogen-bond acceptors (Lipinski definition) is 0. The van der Waals surface area contributed by atoms with Gasteiger partial charge in [0.1, 0.15) is 6.33 Å². The van der Waals surface area contributed by atoms with Gasteiger partial charge in [-0.05, 0) is 0 Å². The quantitative estimate of drug-likeness (QED) is 0.0757. The van der Waals surface area contributed by atoms with E-state index in [0.29, 0.717) is 0 Å². The second-order valence-corrected chi connectivity index (χ2v) is 15.9. The lowest BCUT2D eigenvalue weighted by molar-refractivity contribution is -0.500. The Morgan fingerprint density at radius 1 is 0.140 bits per heavy atom. The van der Waals surface area contributed by atoms with E-state index in [0.717, 1.165) is 0 Å². The highest BCUT2D eigenvalue weighted by molar-refractivity contribution is 5.26. The van der Waals surface area contributed by atoms with Crippen LogP contribution in [0.1, 0.15) is 0 Å². The smallest absolute Gasteiger partial charge is 0.212 e. The Labute approximate surface area is 424 Å². The normalized spacial score (nSPS) is 17.7. The van der Waals surface area contributed by atoms with Crippen LogP contribution in [-0.2, 0) is 0 Å². The molecule has 0 aliphatic rings. The van der Waals surface area contributed by atoms with E-state index >= 15 is 0 Å². The predicted octanol–water partition coefficient (Wildman–Crippen LogP) is 18.8. The number of allylic oxidation sites excluding steroid dienone is 1. The molecular formula is C29HF57. The van der Waals surface area contributed by atoms with Gasteiger partial charge in [-0.1, -0.05) is 0 Å². The summed E-state index contributed by atoms with van der Waals surface area (Å²) < 4.78 is 784. The van der Waals surface area contributed by atoms with Gasteiger partial charge in [0, 0.05) is 0 Å². The Morgan fingerprint density at radius 2 is 0.221 bits per heavy atom. The third kappa shape index (κ3) is 8.75. The van der Waals surface area contributed by atoms with Gasteiger partial charge in [0.25, 0.3) is 0 Å². The molecule has 0 rings (SSSR count). The molecule has 0 heterocycles. The van der Waals surface area contributed by atoms with Gasteiger partial charge in [-0.15, -0.1) is 0 Å². The van der Waals surface area contributed by atoms with Gasteiger partial charge < -0.3 is 0 Å². The maximum atomic E-state index is 14.2. The first-order valence-electron chi connectivity index (χ1n) is 17.8. The van der Waals surface area contributed by atoms with E-state index in [1.807, 2.05) is 0 Å². The first-order chi connectivity index (χ1) is 36.0. The van der Waals surface area contributed by atoms with Crippen LogP contribution in [0.5, 0.6) is 0 Å². The summed E-state index contributed by atoms with van der Waals surface area (Å²) in [6, 6.07) is 0. The zero-order valence-corrected chi connectivity index (χ0v) is 36.1. The highest BCUT2D eigenvalue weighted by atomic mass is 19.5. The van der Waals surface area contributed by atoms with E-state index in [2.05, 4.69) is 0 Å². The molecule has 0 unspecified atom stereocenters. The van der Waals surface area contributed by atoms with Gasteiger partial charge in [0.2, 0.25) is 5.83 Å². The minimum atomic E-state index is -11.1. The second kappa shape index (κ2) is 19.6. The van der Waals surface area contributed by atoms with Crippen molar-refractivity contribution >= 4 is 0 Å². The maximum Gasteiger partial charge on any atom is 0.460 e. The van der Waals surface area contributed by atoms with Crippen molar-refractivity contribution in [1.82, 2.24) is 0 Å². The molecule has 0 aliphatic carbocycles. The van der Waals surface area contributed by atoms with Crippen LogP contribution in [0.15, 0.2) is 12.2 Å². The SMILES string of the molecule is FC=C(F)C(F)(F)C(F)(F)C(F)(F)C(F)(F)C(F)(F)C(F)(F)C(F)(F)C(F)(F)C(F)(F)C(F)(F)C(F)(F)C(F)(F)C(F)(F)C(F)(F)C(F)(F)C(F)(F)C(F)(F)C(F)(F)C(F)(F)C(F)(F)C(F)(F)C(F)(F)C(F)(F)C(F)(F)C(F)(F)C(F)(F)C(F)(F)F. The van der Waals surface area contributed by atoms with Crippen LogP contribution in [0.4, 0.5) is 250 Å². The molecule has 57 heteroatoms. The van der Waals surface area contributed by atoms with Crippen LogP contribution in [-0.4, -0.2) is 160 Å². The molecule has 0 fully saturated rings. The van der Waals surface area contributed by atoms with Crippen molar-refractivity contribution in [2.24, 2.45) is 0 Å². The summed E-state index contributed by atoms with van der Waals surface area (Å²) in [4.78, 5) is 0. The zero-order chi connectivity index (χ0) is 71.8. The molecule has 516 valence electrons. The van der Waals surface area contributed by atoms with Crippen molar-refractivity contribution in [3.8, 4) is 0 Å². The monoisotopic (exact) mass is 1430 g/mol. The van der Waals surface area contributed by atoms with Crippen LogP contribution in [0.2, 0.25) is 0 Å². The number of halogens is 57. The van der Waals surface area contributed by atoms with E-state index in [-0.39, 0.29) is 0 Å². The number of alkyl halides is 55. The van der Waals surface area contributed by atoms with Crippen molar-refractivity contribution in [1.29, 1.82) is 0 Å². The average molecular weight is 1430 g/mol. The predicted molar refractivity (Wildman–Crippen MR) is 145 cm³/mol. The molecule has 0 aromatic rings. The molecule has 0 aromatic heterocycles. The lowest BCUT2D eigenvalue weighted by Crippen LogP contribution is -2.81. The van der Waals surface area contributed by atoms with Crippen molar-refractivity contribution in [3.63, 3.8) is 0 Å². The summed E-state index contributed by atoms with van der Waals surface area (Å²) in [7, 11) is 0. The Hall–Kier alpha value is -4.25. The van der Waals surface area contributed by atoms with E-state index in [1.54, 1.807) is 0 Å². The largest absolute Gasteiger partial charge is 0.460 e. The summed E-state index contributed by atoms with van der Waals surface area (Å²) in [5.41, 5.74) is 0. The Balaban J connectivity index is 8.33. The average Bonchev–Trinajstić information content (AvgIpc) is 3.28. The fraction of sp³-hybridized carbons (Fsp3) is 0.931. The molecule has 0 aliphatic heterocycles. The summed E-state index contributed by atoms with van der Waals surface area (Å²) >= 11 is 0. The molecule has 0 saturated heterocycles. The molecular weight excluding hydrogens is 1430 g/mol. The van der Waals surface area contributed by atoms with Gasteiger partial charge in [-0.3, -0.25) is 0 Å². The molecule has 86 heavy (non-hydrogen) atoms. The molecule has 0 nitrogen and oxygen atoms in total. The Bertz CT molecular complexity index is 2480. The summed E-state index contributed by atoms with van der Waals surface area (Å²) in [6.45, 7) is 0. The molecule has 0 aromatic carbocycles. The van der Waals surface area contributed by atoms with Gasteiger partial charge >= 0.3 is 160 Å². The highest BCUT2D eigenvalue weighted by Gasteiger charge is 3.05. The van der Waals surface area contributed by atoms with Gasteiger partial charge in [-0.25, -0.2) is 8.78 Å². The summed E-state index contributed by atoms with van der Waals surface area (Å²) in [6.07, 6.45) is -11.5. The van der Waals surface area contributed by atoms with E-state index < -0.39 is 172 Å². The van der Waals surface area contributed by atoms with E-state index in [1.165, 1.54) is 0 Å². The summed E-state index contributed by atoms with van der Waals surface area (Å²) in [5.74, 6) is -279. The molecule has 0 spiro atoms. The Morgan fingerprint density at radius 3 is 0.302 bits per heavy atom. The Kier molecular flexibility index (Phi) is 18.7. The number of hydrogen-bond donors (Lipinski definition) is 0. The topological polar surface area (TPSA) is 0 Å². The zero-order valence-electron chi connectivity index (χ0n) is 36.1. The lowest BCUT2D eigenvalue weighted by Gasteiger charge is -2.48. The van der Waals surface area contributed by atoms with Crippen LogP contribution >= 0.6 is 0 Å². The van der Waals surface area contributed by atoms with Gasteiger partial charge in [0.15, 0.2) is 0 Å². The number of rotatable bonds is 26. The maximum absolute atomic E-state index is 14.2. The highest BCUT2D eigenvalue weighted by Crippen LogP contribution is 2.73. The molecule has 0 saturated carbocycles. The third-order valence-electron chi connectivity index (χ3n) is 10.6. The van der Waals surface area contributed by atoms with Crippen molar-refractivity contribution in [2.75, 3.05) is 0 Å². The summed E-state index contributed by atoms with van der Waals surface area (Å²) in [5, 5.41) is 0. The van der Waals surface area contributed by atoms with Crippen molar-refractivity contribution in [2.45, 2.75) is 160 Å².